The summed E-state index contributed by atoms with van der Waals surface area (Å²) in [7, 11) is 0. The van der Waals surface area contributed by atoms with Crippen LogP contribution in [0, 0.1) is 26.6 Å². The number of fused-ring (bicyclic) bond motifs is 1. The molecule has 0 aliphatic carbocycles. The van der Waals surface area contributed by atoms with E-state index in [1.165, 1.54) is 6.07 Å². The van der Waals surface area contributed by atoms with Crippen LogP contribution in [0.5, 0.6) is 5.75 Å². The molecule has 5 nitrogen and oxygen atoms in total. The average molecular weight is 481 g/mol. The van der Waals surface area contributed by atoms with Crippen LogP contribution < -0.4 is 4.74 Å². The molecule has 0 bridgehead atoms. The summed E-state index contributed by atoms with van der Waals surface area (Å²) in [5, 5.41) is 9.69. The maximum absolute atomic E-state index is 15.1. The van der Waals surface area contributed by atoms with Crippen molar-refractivity contribution in [2.45, 2.75) is 40.5 Å². The molecule has 0 amide bonds. The minimum Gasteiger partial charge on any atom is -0.493 e. The predicted octanol–water partition coefficient (Wildman–Crippen LogP) is 7.26. The number of hydrogen-bond acceptors (Lipinski definition) is 3. The summed E-state index contributed by atoms with van der Waals surface area (Å²) in [6.07, 6.45) is 3.58. The van der Waals surface area contributed by atoms with E-state index < -0.39 is 5.97 Å². The van der Waals surface area contributed by atoms with Crippen molar-refractivity contribution in [3.05, 3.63) is 75.8 Å². The second-order valence-corrected chi connectivity index (χ2v) is 8.80. The molecule has 0 saturated heterocycles. The number of pyridine rings is 1. The number of hydrogen-bond donors (Lipinski definition) is 1. The smallest absolute Gasteiger partial charge is 0.339 e. The number of carbonyl (C=O) groups is 1. The minimum atomic E-state index is -1.09. The predicted molar refractivity (Wildman–Crippen MR) is 133 cm³/mol. The molecule has 0 aliphatic rings. The van der Waals surface area contributed by atoms with Gasteiger partial charge in [0, 0.05) is 11.8 Å². The number of aromatic nitrogens is 2. The topological polar surface area (TPSA) is 63.8 Å². The van der Waals surface area contributed by atoms with E-state index in [2.05, 4.69) is 6.92 Å². The van der Waals surface area contributed by atoms with E-state index in [0.29, 0.717) is 40.4 Å². The molecule has 0 fully saturated rings. The summed E-state index contributed by atoms with van der Waals surface area (Å²) in [5.41, 5.74) is 5.18. The molecule has 2 aromatic carbocycles. The first kappa shape index (κ1) is 23.8. The zero-order valence-electron chi connectivity index (χ0n) is 19.6. The number of carboxylic acids is 1. The molecule has 0 radical (unpaired) electrons. The Morgan fingerprint density at radius 2 is 1.88 bits per heavy atom. The van der Waals surface area contributed by atoms with E-state index in [4.69, 9.17) is 21.3 Å². The molecule has 0 saturated carbocycles. The summed E-state index contributed by atoms with van der Waals surface area (Å²) >= 11 is 6.43. The number of nitrogens with zero attached hydrogens (tertiary/aromatic N) is 2. The highest BCUT2D eigenvalue weighted by Gasteiger charge is 2.21. The highest BCUT2D eigenvalue weighted by Crippen LogP contribution is 2.37. The molecule has 7 heteroatoms. The van der Waals surface area contributed by atoms with Gasteiger partial charge in [-0.2, -0.15) is 0 Å². The van der Waals surface area contributed by atoms with Crippen LogP contribution in [0.4, 0.5) is 4.39 Å². The lowest BCUT2D eigenvalue weighted by Crippen LogP contribution is -2.07. The van der Waals surface area contributed by atoms with Gasteiger partial charge < -0.3 is 9.84 Å². The Labute approximate surface area is 202 Å². The molecule has 0 spiro atoms. The van der Waals surface area contributed by atoms with E-state index in [9.17, 15) is 9.90 Å². The summed E-state index contributed by atoms with van der Waals surface area (Å²) in [4.78, 5) is 16.5. The number of unbranched alkanes of at least 4 members (excludes halogenated alkanes) is 1. The number of imidazole rings is 1. The Balaban J connectivity index is 1.84. The maximum Gasteiger partial charge on any atom is 0.339 e. The van der Waals surface area contributed by atoms with E-state index in [-0.39, 0.29) is 16.5 Å². The largest absolute Gasteiger partial charge is 0.493 e. The first-order chi connectivity index (χ1) is 16.2. The van der Waals surface area contributed by atoms with Crippen LogP contribution in [0.1, 0.15) is 46.8 Å². The summed E-state index contributed by atoms with van der Waals surface area (Å²) < 4.78 is 22.6. The monoisotopic (exact) mass is 480 g/mol. The van der Waals surface area contributed by atoms with Gasteiger partial charge in [-0.25, -0.2) is 14.2 Å². The van der Waals surface area contributed by atoms with Gasteiger partial charge in [0.1, 0.15) is 22.4 Å². The van der Waals surface area contributed by atoms with Crippen molar-refractivity contribution in [1.29, 1.82) is 0 Å². The molecule has 176 valence electrons. The fourth-order valence-corrected chi connectivity index (χ4v) is 4.43. The third kappa shape index (κ3) is 4.26. The zero-order valence-corrected chi connectivity index (χ0v) is 20.3. The van der Waals surface area contributed by atoms with Gasteiger partial charge in [-0.1, -0.05) is 43.1 Å². The van der Waals surface area contributed by atoms with Crippen molar-refractivity contribution in [3.63, 3.8) is 0 Å². The van der Waals surface area contributed by atoms with E-state index in [0.717, 1.165) is 29.5 Å². The normalized spacial score (nSPS) is 11.2. The van der Waals surface area contributed by atoms with Gasteiger partial charge in [0.25, 0.3) is 0 Å². The van der Waals surface area contributed by atoms with E-state index >= 15 is 4.39 Å². The van der Waals surface area contributed by atoms with Gasteiger partial charge in [0.15, 0.2) is 0 Å². The molecule has 0 unspecified atom stereocenters. The fourth-order valence-electron chi connectivity index (χ4n) is 4.08. The lowest BCUT2D eigenvalue weighted by Gasteiger charge is -2.14. The number of carboxylic acid groups (broad SMARTS) is 1. The molecule has 0 aliphatic heterocycles. The lowest BCUT2D eigenvalue weighted by atomic mass is 9.99. The van der Waals surface area contributed by atoms with Gasteiger partial charge in [-0.15, -0.1) is 0 Å². The molecule has 4 aromatic rings. The Bertz CT molecular complexity index is 1410. The van der Waals surface area contributed by atoms with Crippen molar-refractivity contribution >= 4 is 23.2 Å². The third-order valence-electron chi connectivity index (χ3n) is 6.01. The zero-order chi connectivity index (χ0) is 24.6. The van der Waals surface area contributed by atoms with Gasteiger partial charge >= 0.3 is 5.97 Å². The Hall–Kier alpha value is -3.38. The van der Waals surface area contributed by atoms with Crippen molar-refractivity contribution in [2.75, 3.05) is 6.61 Å². The number of ether oxygens (including phenoxy) is 1. The number of rotatable bonds is 7. The second kappa shape index (κ2) is 9.47. The SMILES string of the molecule is CCCCOc1cc(C)cc(F)c1-c1cccc(-c2cn3c(Cl)c(C(=O)O)c(C)c(C)c3n2)c1. The molecule has 2 aromatic heterocycles. The maximum atomic E-state index is 15.1. The van der Waals surface area contributed by atoms with Crippen LogP contribution in [0.2, 0.25) is 5.15 Å². The van der Waals surface area contributed by atoms with Crippen molar-refractivity contribution in [3.8, 4) is 28.1 Å². The molecule has 34 heavy (non-hydrogen) atoms. The van der Waals surface area contributed by atoms with Gasteiger partial charge in [0.2, 0.25) is 0 Å². The highest BCUT2D eigenvalue weighted by atomic mass is 35.5. The average Bonchev–Trinajstić information content (AvgIpc) is 3.24. The van der Waals surface area contributed by atoms with Crippen molar-refractivity contribution in [2.24, 2.45) is 0 Å². The van der Waals surface area contributed by atoms with E-state index in [1.54, 1.807) is 17.5 Å². The van der Waals surface area contributed by atoms with Crippen LogP contribution >= 0.6 is 11.6 Å². The van der Waals surface area contributed by atoms with E-state index in [1.807, 2.05) is 44.2 Å². The van der Waals surface area contributed by atoms with Crippen molar-refractivity contribution in [1.82, 2.24) is 9.38 Å². The number of halogens is 2. The van der Waals surface area contributed by atoms with Gasteiger partial charge in [-0.3, -0.25) is 4.40 Å². The second-order valence-electron chi connectivity index (χ2n) is 8.44. The van der Waals surface area contributed by atoms with Crippen LogP contribution in [0.15, 0.2) is 42.6 Å². The Kier molecular flexibility index (Phi) is 6.62. The standard InChI is InChI=1S/C27H26ClFN2O3/c1-5-6-10-34-22-12-15(2)11-20(29)24(22)19-9-7-8-18(13-19)21-14-31-25(28)23(27(32)33)16(3)17(4)26(31)30-21/h7-9,11-14H,5-6,10H2,1-4H3,(H,32,33). The van der Waals surface area contributed by atoms with Gasteiger partial charge in [0.05, 0.1) is 23.4 Å². The summed E-state index contributed by atoms with van der Waals surface area (Å²) in [6, 6.07) is 10.8. The Morgan fingerprint density at radius 3 is 2.59 bits per heavy atom. The van der Waals surface area contributed by atoms with Crippen LogP contribution in [0.3, 0.4) is 0 Å². The lowest BCUT2D eigenvalue weighted by molar-refractivity contribution is 0.0695. The summed E-state index contributed by atoms with van der Waals surface area (Å²) in [5.74, 6) is -0.923. The number of benzene rings is 2. The van der Waals surface area contributed by atoms with Crippen LogP contribution in [0.25, 0.3) is 28.0 Å². The van der Waals surface area contributed by atoms with Crippen molar-refractivity contribution < 1.29 is 19.0 Å². The number of aromatic carboxylic acids is 1. The fraction of sp³-hybridized carbons (Fsp3) is 0.259. The summed E-state index contributed by atoms with van der Waals surface area (Å²) in [6.45, 7) is 7.98. The first-order valence-corrected chi connectivity index (χ1v) is 11.6. The molecule has 0 atom stereocenters. The molecular weight excluding hydrogens is 455 g/mol. The Morgan fingerprint density at radius 1 is 1.15 bits per heavy atom. The van der Waals surface area contributed by atoms with Crippen LogP contribution in [-0.4, -0.2) is 27.1 Å². The molecule has 4 rings (SSSR count). The molecule has 2 heterocycles. The molecular formula is C27H26ClFN2O3. The highest BCUT2D eigenvalue weighted by molar-refractivity contribution is 6.33. The van der Waals surface area contributed by atoms with Crippen LogP contribution in [-0.2, 0) is 0 Å². The quantitative estimate of drug-likeness (QED) is 0.223. The number of aryl methyl sites for hydroxylation is 2. The minimum absolute atomic E-state index is 0.0555. The third-order valence-corrected chi connectivity index (χ3v) is 6.38. The molecule has 1 N–H and O–H groups in total. The first-order valence-electron chi connectivity index (χ1n) is 11.2. The van der Waals surface area contributed by atoms with Gasteiger partial charge in [-0.05, 0) is 67.6 Å².